The summed E-state index contributed by atoms with van der Waals surface area (Å²) in [6.45, 7) is 0.610. The van der Waals surface area contributed by atoms with Crippen molar-refractivity contribution in [3.8, 4) is 0 Å². The zero-order valence-electron chi connectivity index (χ0n) is 17.6. The van der Waals surface area contributed by atoms with Crippen molar-refractivity contribution in [1.82, 2.24) is 9.80 Å². The van der Waals surface area contributed by atoms with Crippen LogP contribution in [0.5, 0.6) is 0 Å². The number of likely N-dealkylation sites (tertiary alicyclic amines) is 1. The number of ether oxygens (including phenoxy) is 1. The zero-order chi connectivity index (χ0) is 22.7. The number of hydrogen-bond acceptors (Lipinski definition) is 6. The number of piperidine rings is 1. The van der Waals surface area contributed by atoms with Crippen LogP contribution < -0.4 is 5.73 Å². The van der Waals surface area contributed by atoms with Gasteiger partial charge < -0.3 is 24.7 Å². The fraction of sp³-hybridized carbons (Fsp3) is 0.391. The molecule has 2 aliphatic rings. The van der Waals surface area contributed by atoms with Crippen molar-refractivity contribution in [3.05, 3.63) is 59.5 Å². The molecule has 1 aromatic carbocycles. The number of hydrogen-bond donors (Lipinski definition) is 1. The van der Waals surface area contributed by atoms with Crippen molar-refractivity contribution >= 4 is 23.7 Å². The maximum Gasteiger partial charge on any atom is 0.329 e. The van der Waals surface area contributed by atoms with Crippen LogP contribution in [0, 0.1) is 5.92 Å². The van der Waals surface area contributed by atoms with Gasteiger partial charge in [-0.1, -0.05) is 24.3 Å². The number of fused-ring (bicyclic) bond motifs is 1. The normalized spacial score (nSPS) is 18.7. The van der Waals surface area contributed by atoms with Crippen molar-refractivity contribution in [3.63, 3.8) is 0 Å². The zero-order valence-corrected chi connectivity index (χ0v) is 17.6. The highest BCUT2D eigenvalue weighted by Gasteiger charge is 2.37. The summed E-state index contributed by atoms with van der Waals surface area (Å²) in [5, 5.41) is 0. The quantitative estimate of drug-likeness (QED) is 0.697. The molecular weight excluding hydrogens is 414 g/mol. The van der Waals surface area contributed by atoms with E-state index in [9.17, 15) is 19.2 Å². The Morgan fingerprint density at radius 3 is 2.41 bits per heavy atom. The van der Waals surface area contributed by atoms with Crippen molar-refractivity contribution in [2.45, 2.75) is 31.8 Å². The van der Waals surface area contributed by atoms with E-state index >= 15 is 0 Å². The Balaban J connectivity index is 1.42. The summed E-state index contributed by atoms with van der Waals surface area (Å²) in [5.41, 5.74) is 7.23. The van der Waals surface area contributed by atoms with Gasteiger partial charge in [0, 0.05) is 32.0 Å². The average Bonchev–Trinajstić information content (AvgIpc) is 3.36. The summed E-state index contributed by atoms with van der Waals surface area (Å²) in [5.74, 6) is -1.84. The number of amides is 3. The van der Waals surface area contributed by atoms with Crippen LogP contribution in [0.2, 0.25) is 0 Å². The summed E-state index contributed by atoms with van der Waals surface area (Å²) in [6, 6.07) is 9.88. The molecule has 4 rings (SSSR count). The molecule has 2 aromatic rings. The molecule has 2 aliphatic heterocycles. The van der Waals surface area contributed by atoms with Gasteiger partial charge in [-0.25, -0.2) is 4.79 Å². The number of nitrogens with zero attached hydrogens (tertiary/aromatic N) is 2. The number of primary amides is 1. The van der Waals surface area contributed by atoms with Gasteiger partial charge in [0.1, 0.15) is 6.04 Å². The van der Waals surface area contributed by atoms with Gasteiger partial charge in [-0.3, -0.25) is 14.4 Å². The maximum atomic E-state index is 13.0. The predicted octanol–water partition coefficient (Wildman–Crippen LogP) is 1.11. The topological polar surface area (TPSA) is 123 Å². The second kappa shape index (κ2) is 9.25. The van der Waals surface area contributed by atoms with Crippen molar-refractivity contribution in [2.75, 3.05) is 19.7 Å². The minimum Gasteiger partial charge on any atom is -0.459 e. The number of benzene rings is 1. The lowest BCUT2D eigenvalue weighted by Gasteiger charge is -2.35. The van der Waals surface area contributed by atoms with Crippen molar-refractivity contribution in [1.29, 1.82) is 0 Å². The second-order valence-electron chi connectivity index (χ2n) is 8.06. The van der Waals surface area contributed by atoms with Gasteiger partial charge in [0.25, 0.3) is 11.8 Å². The van der Waals surface area contributed by atoms with Crippen LogP contribution in [-0.4, -0.2) is 59.2 Å². The Hall–Kier alpha value is -3.62. The summed E-state index contributed by atoms with van der Waals surface area (Å²) in [4.78, 5) is 52.7. The first kappa shape index (κ1) is 21.6. The monoisotopic (exact) mass is 439 g/mol. The minimum absolute atomic E-state index is 0.135. The van der Waals surface area contributed by atoms with E-state index in [4.69, 9.17) is 14.9 Å². The van der Waals surface area contributed by atoms with E-state index in [0.717, 1.165) is 11.1 Å². The van der Waals surface area contributed by atoms with Crippen LogP contribution in [0.1, 0.15) is 34.5 Å². The summed E-state index contributed by atoms with van der Waals surface area (Å²) >= 11 is 0. The third-order valence-corrected chi connectivity index (χ3v) is 6.10. The molecule has 3 heterocycles. The summed E-state index contributed by atoms with van der Waals surface area (Å²) in [7, 11) is 0. The van der Waals surface area contributed by atoms with Crippen LogP contribution in [0.25, 0.3) is 0 Å². The highest BCUT2D eigenvalue weighted by atomic mass is 16.5. The number of furan rings is 1. The molecule has 0 unspecified atom stereocenters. The Bertz CT molecular complexity index is 1010. The Morgan fingerprint density at radius 2 is 1.75 bits per heavy atom. The molecule has 9 nitrogen and oxygen atoms in total. The van der Waals surface area contributed by atoms with Gasteiger partial charge in [-0.05, 0) is 36.1 Å². The number of nitrogens with two attached hydrogens (primary N) is 1. The fourth-order valence-corrected chi connectivity index (χ4v) is 4.22. The molecule has 168 valence electrons. The number of carbonyl (C=O) groups is 4. The Morgan fingerprint density at radius 1 is 1.03 bits per heavy atom. The molecule has 1 saturated heterocycles. The van der Waals surface area contributed by atoms with E-state index in [1.807, 2.05) is 24.3 Å². The molecule has 1 atom stereocenters. The lowest BCUT2D eigenvalue weighted by molar-refractivity contribution is -0.156. The highest BCUT2D eigenvalue weighted by Crippen LogP contribution is 2.26. The number of carbonyl (C=O) groups excluding carboxylic acids is 4. The highest BCUT2D eigenvalue weighted by molar-refractivity contribution is 5.95. The molecule has 2 N–H and O–H groups in total. The average molecular weight is 439 g/mol. The molecular formula is C23H25N3O6. The summed E-state index contributed by atoms with van der Waals surface area (Å²) in [6.07, 6.45) is 2.69. The smallest absolute Gasteiger partial charge is 0.329 e. The van der Waals surface area contributed by atoms with Gasteiger partial charge in [0.05, 0.1) is 6.26 Å². The van der Waals surface area contributed by atoms with Gasteiger partial charge in [-0.15, -0.1) is 0 Å². The van der Waals surface area contributed by atoms with E-state index in [2.05, 4.69) is 0 Å². The van der Waals surface area contributed by atoms with Gasteiger partial charge >= 0.3 is 5.97 Å². The first-order valence-electron chi connectivity index (χ1n) is 10.6. The molecule has 32 heavy (non-hydrogen) atoms. The van der Waals surface area contributed by atoms with E-state index in [0.29, 0.717) is 32.4 Å². The number of esters is 1. The Kier molecular flexibility index (Phi) is 6.25. The van der Waals surface area contributed by atoms with E-state index in [-0.39, 0.29) is 30.0 Å². The van der Waals surface area contributed by atoms with E-state index < -0.39 is 24.5 Å². The molecule has 0 saturated carbocycles. The molecule has 1 fully saturated rings. The molecule has 3 amide bonds. The molecule has 0 aliphatic carbocycles. The maximum absolute atomic E-state index is 13.0. The van der Waals surface area contributed by atoms with Crippen LogP contribution >= 0.6 is 0 Å². The van der Waals surface area contributed by atoms with Crippen LogP contribution in [-0.2, 0) is 32.1 Å². The third-order valence-electron chi connectivity index (χ3n) is 6.10. The van der Waals surface area contributed by atoms with E-state index in [1.165, 1.54) is 11.2 Å². The first-order chi connectivity index (χ1) is 15.4. The fourth-order valence-electron chi connectivity index (χ4n) is 4.22. The molecule has 0 spiro atoms. The lowest BCUT2D eigenvalue weighted by Crippen LogP contribution is -2.50. The van der Waals surface area contributed by atoms with Crippen LogP contribution in [0.3, 0.4) is 0 Å². The summed E-state index contributed by atoms with van der Waals surface area (Å²) < 4.78 is 10.6. The molecule has 1 aromatic heterocycles. The third kappa shape index (κ3) is 4.51. The van der Waals surface area contributed by atoms with Gasteiger partial charge in [0.15, 0.2) is 12.4 Å². The van der Waals surface area contributed by atoms with E-state index in [1.54, 1.807) is 17.0 Å². The largest absolute Gasteiger partial charge is 0.459 e. The van der Waals surface area contributed by atoms with Crippen LogP contribution in [0.15, 0.2) is 47.1 Å². The van der Waals surface area contributed by atoms with Gasteiger partial charge in [-0.2, -0.15) is 0 Å². The standard InChI is InChI=1S/C23H25N3O6/c24-21(28)15-7-9-25(10-8-15)20(27)14-32-23(30)18-12-16-4-1-2-5-17(16)13-26(18)22(29)19-6-3-11-31-19/h1-6,11,15,18H,7-10,12-14H2,(H2,24,28)/t18-/m0/s1. The molecule has 0 radical (unpaired) electrons. The van der Waals surface area contributed by atoms with Crippen molar-refractivity contribution < 1.29 is 28.3 Å². The number of rotatable bonds is 5. The first-order valence-corrected chi connectivity index (χ1v) is 10.6. The minimum atomic E-state index is -0.865. The van der Waals surface area contributed by atoms with Crippen LogP contribution in [0.4, 0.5) is 0 Å². The lowest BCUT2D eigenvalue weighted by atomic mass is 9.93. The molecule has 9 heteroatoms. The van der Waals surface area contributed by atoms with Crippen molar-refractivity contribution in [2.24, 2.45) is 11.7 Å². The SMILES string of the molecule is NC(=O)C1CCN(C(=O)COC(=O)[C@@H]2Cc3ccccc3CN2C(=O)c2ccco2)CC1. The molecule has 0 bridgehead atoms. The Labute approximate surface area is 185 Å². The second-order valence-corrected chi connectivity index (χ2v) is 8.06. The predicted molar refractivity (Wildman–Crippen MR) is 112 cm³/mol. The van der Waals surface area contributed by atoms with Gasteiger partial charge in [0.2, 0.25) is 5.91 Å².